The molecule has 1 N–H and O–H groups in total. The zero-order chi connectivity index (χ0) is 21.0. The van der Waals surface area contributed by atoms with Crippen molar-refractivity contribution in [2.45, 2.75) is 32.2 Å². The molecule has 1 atom stereocenters. The molecule has 0 saturated heterocycles. The lowest BCUT2D eigenvalue weighted by Gasteiger charge is -2.19. The van der Waals surface area contributed by atoms with Crippen LogP contribution in [0.15, 0.2) is 67.0 Å². The van der Waals surface area contributed by atoms with E-state index in [9.17, 15) is 9.18 Å². The van der Waals surface area contributed by atoms with Crippen LogP contribution in [0.5, 0.6) is 0 Å². The molecule has 2 aromatic carbocycles. The van der Waals surface area contributed by atoms with Crippen molar-refractivity contribution in [2.24, 2.45) is 7.05 Å². The van der Waals surface area contributed by atoms with Gasteiger partial charge in [-0.15, -0.1) is 0 Å². The first-order valence-electron chi connectivity index (χ1n) is 9.56. The number of aryl methyl sites for hydroxylation is 1. The number of aromatic nitrogens is 2. The van der Waals surface area contributed by atoms with Gasteiger partial charge in [-0.2, -0.15) is 0 Å². The number of benzene rings is 2. The first kappa shape index (κ1) is 20.5. The third-order valence-corrected chi connectivity index (χ3v) is 4.79. The van der Waals surface area contributed by atoms with Gasteiger partial charge in [-0.3, -0.25) is 4.79 Å². The smallest absolute Gasteiger partial charge is 0.244 e. The highest BCUT2D eigenvalue weighted by atomic mass is 19.1. The van der Waals surface area contributed by atoms with Gasteiger partial charge in [0.05, 0.1) is 0 Å². The van der Waals surface area contributed by atoms with Gasteiger partial charge >= 0.3 is 0 Å². The van der Waals surface area contributed by atoms with E-state index >= 15 is 0 Å². The minimum atomic E-state index is -0.550. The van der Waals surface area contributed by atoms with Crippen LogP contribution in [-0.2, 0) is 17.3 Å². The quantitative estimate of drug-likeness (QED) is 0.637. The maximum absolute atomic E-state index is 13.7. The number of amides is 1. The zero-order valence-electron chi connectivity index (χ0n) is 17.2. The monoisotopic (exact) mass is 391 g/mol. The van der Waals surface area contributed by atoms with Crippen LogP contribution in [0.4, 0.5) is 4.39 Å². The molecule has 0 aliphatic rings. The van der Waals surface area contributed by atoms with Gasteiger partial charge in [0.15, 0.2) is 0 Å². The van der Waals surface area contributed by atoms with E-state index in [1.807, 2.05) is 23.7 Å². The Bertz CT molecular complexity index is 1010. The van der Waals surface area contributed by atoms with E-state index in [1.54, 1.807) is 30.6 Å². The Morgan fingerprint density at radius 2 is 1.90 bits per heavy atom. The van der Waals surface area contributed by atoms with E-state index in [0.717, 1.165) is 5.56 Å². The van der Waals surface area contributed by atoms with Gasteiger partial charge in [-0.1, -0.05) is 57.2 Å². The number of nitrogens with one attached hydrogen (secondary N) is 1. The molecule has 5 heteroatoms. The van der Waals surface area contributed by atoms with Crippen LogP contribution in [-0.4, -0.2) is 15.5 Å². The lowest BCUT2D eigenvalue weighted by Crippen LogP contribution is -2.29. The molecule has 0 spiro atoms. The standard InChI is InChI=1S/C24H26FN3O/c1-24(2,3)19-11-8-17(9-12-19)10-13-21(29)27-22(23-26-14-15-28(23)4)18-6-5-7-20(25)16-18/h5-16,22H,1-4H3,(H,27,29). The predicted molar refractivity (Wildman–Crippen MR) is 114 cm³/mol. The Kier molecular flexibility index (Phi) is 5.97. The molecule has 1 amide bonds. The van der Waals surface area contributed by atoms with Crippen molar-refractivity contribution in [1.29, 1.82) is 0 Å². The van der Waals surface area contributed by atoms with Gasteiger partial charge in [-0.25, -0.2) is 9.37 Å². The molecule has 1 unspecified atom stereocenters. The average molecular weight is 391 g/mol. The number of carbonyl (C=O) groups is 1. The average Bonchev–Trinajstić information content (AvgIpc) is 3.09. The third kappa shape index (κ3) is 5.19. The minimum absolute atomic E-state index is 0.0832. The molecule has 0 aliphatic heterocycles. The van der Waals surface area contributed by atoms with E-state index in [4.69, 9.17) is 0 Å². The highest BCUT2D eigenvalue weighted by Crippen LogP contribution is 2.23. The van der Waals surface area contributed by atoms with Crippen molar-refractivity contribution >= 4 is 12.0 Å². The van der Waals surface area contributed by atoms with Gasteiger partial charge in [0.1, 0.15) is 17.7 Å². The zero-order valence-corrected chi connectivity index (χ0v) is 17.2. The minimum Gasteiger partial charge on any atom is -0.339 e. The first-order valence-corrected chi connectivity index (χ1v) is 9.56. The molecule has 0 bridgehead atoms. The van der Waals surface area contributed by atoms with Crippen LogP contribution in [0.25, 0.3) is 6.08 Å². The molecule has 29 heavy (non-hydrogen) atoms. The molecular weight excluding hydrogens is 365 g/mol. The number of hydrogen-bond acceptors (Lipinski definition) is 2. The Morgan fingerprint density at radius 3 is 2.48 bits per heavy atom. The molecule has 1 aromatic heterocycles. The van der Waals surface area contributed by atoms with Gasteiger partial charge in [0, 0.05) is 25.5 Å². The van der Waals surface area contributed by atoms with Gasteiger partial charge in [0.2, 0.25) is 5.91 Å². The summed E-state index contributed by atoms with van der Waals surface area (Å²) in [4.78, 5) is 16.9. The van der Waals surface area contributed by atoms with Crippen molar-refractivity contribution in [3.05, 3.63) is 95.3 Å². The fraction of sp³-hybridized carbons (Fsp3) is 0.250. The number of carbonyl (C=O) groups excluding carboxylic acids is 1. The fourth-order valence-corrected chi connectivity index (χ4v) is 3.09. The second kappa shape index (κ2) is 8.43. The number of nitrogens with zero attached hydrogens (tertiary/aromatic N) is 2. The van der Waals surface area contributed by atoms with Gasteiger partial charge in [0.25, 0.3) is 0 Å². The summed E-state index contributed by atoms with van der Waals surface area (Å²) in [6.07, 6.45) is 6.70. The second-order valence-corrected chi connectivity index (χ2v) is 8.10. The predicted octanol–water partition coefficient (Wildman–Crippen LogP) is 4.78. The Labute approximate surface area is 171 Å². The summed E-state index contributed by atoms with van der Waals surface area (Å²) < 4.78 is 15.5. The van der Waals surface area contributed by atoms with E-state index in [2.05, 4.69) is 43.2 Å². The van der Waals surface area contributed by atoms with Crippen molar-refractivity contribution in [2.75, 3.05) is 0 Å². The Hall–Kier alpha value is -3.21. The molecule has 3 rings (SSSR count). The van der Waals surface area contributed by atoms with E-state index in [0.29, 0.717) is 11.4 Å². The van der Waals surface area contributed by atoms with Gasteiger partial charge in [-0.05, 0) is 40.3 Å². The highest BCUT2D eigenvalue weighted by molar-refractivity contribution is 5.92. The maximum Gasteiger partial charge on any atom is 0.244 e. The molecule has 0 saturated carbocycles. The Morgan fingerprint density at radius 1 is 1.17 bits per heavy atom. The lowest BCUT2D eigenvalue weighted by molar-refractivity contribution is -0.117. The summed E-state index contributed by atoms with van der Waals surface area (Å²) in [6, 6.07) is 13.8. The molecule has 3 aromatic rings. The number of rotatable bonds is 5. The largest absolute Gasteiger partial charge is 0.339 e. The molecule has 4 nitrogen and oxygen atoms in total. The lowest BCUT2D eigenvalue weighted by atomic mass is 9.87. The summed E-state index contributed by atoms with van der Waals surface area (Å²) in [7, 11) is 1.84. The molecule has 0 fully saturated rings. The van der Waals surface area contributed by atoms with Crippen LogP contribution in [0, 0.1) is 5.82 Å². The topological polar surface area (TPSA) is 46.9 Å². The number of imidazole rings is 1. The summed E-state index contributed by atoms with van der Waals surface area (Å²) in [6.45, 7) is 6.49. The van der Waals surface area contributed by atoms with Crippen LogP contribution in [0.2, 0.25) is 0 Å². The highest BCUT2D eigenvalue weighted by Gasteiger charge is 2.20. The van der Waals surface area contributed by atoms with Crippen molar-refractivity contribution in [3.8, 4) is 0 Å². The molecular formula is C24H26FN3O. The summed E-state index contributed by atoms with van der Waals surface area (Å²) >= 11 is 0. The molecule has 0 aliphatic carbocycles. The normalized spacial score (nSPS) is 12.9. The Balaban J connectivity index is 1.78. The molecule has 1 heterocycles. The van der Waals surface area contributed by atoms with Crippen LogP contribution in [0.3, 0.4) is 0 Å². The molecule has 150 valence electrons. The van der Waals surface area contributed by atoms with Crippen LogP contribution in [0.1, 0.15) is 49.3 Å². The van der Waals surface area contributed by atoms with Crippen LogP contribution >= 0.6 is 0 Å². The number of halogens is 1. The second-order valence-electron chi connectivity index (χ2n) is 8.10. The number of hydrogen-bond donors (Lipinski definition) is 1. The van der Waals surface area contributed by atoms with Crippen molar-refractivity contribution in [3.63, 3.8) is 0 Å². The first-order chi connectivity index (χ1) is 13.7. The van der Waals surface area contributed by atoms with Gasteiger partial charge < -0.3 is 9.88 Å². The molecule has 0 radical (unpaired) electrons. The van der Waals surface area contributed by atoms with E-state index in [1.165, 1.54) is 23.8 Å². The third-order valence-electron chi connectivity index (χ3n) is 4.79. The van der Waals surface area contributed by atoms with E-state index in [-0.39, 0.29) is 17.1 Å². The van der Waals surface area contributed by atoms with E-state index < -0.39 is 6.04 Å². The van der Waals surface area contributed by atoms with Crippen molar-refractivity contribution in [1.82, 2.24) is 14.9 Å². The van der Waals surface area contributed by atoms with Crippen molar-refractivity contribution < 1.29 is 9.18 Å². The van der Waals surface area contributed by atoms with Crippen LogP contribution < -0.4 is 5.32 Å². The summed E-state index contributed by atoms with van der Waals surface area (Å²) in [5, 5.41) is 2.93. The summed E-state index contributed by atoms with van der Waals surface area (Å²) in [5.41, 5.74) is 2.89. The SMILES string of the molecule is Cn1ccnc1C(NC(=O)C=Cc1ccc(C(C)(C)C)cc1)c1cccc(F)c1. The maximum atomic E-state index is 13.7. The fourth-order valence-electron chi connectivity index (χ4n) is 3.09. The summed E-state index contributed by atoms with van der Waals surface area (Å²) in [5.74, 6) is -0.000484.